The molecule has 8 heteroatoms. The average molecular weight is 481 g/mol. The summed E-state index contributed by atoms with van der Waals surface area (Å²) in [5.74, 6) is -0.871. The van der Waals surface area contributed by atoms with Crippen LogP contribution < -0.4 is 10.6 Å². The number of carbonyl (C=O) groups is 2. The van der Waals surface area contributed by atoms with Crippen LogP contribution in [0.15, 0.2) is 48.7 Å². The molecule has 2 atom stereocenters. The molecule has 0 bridgehead atoms. The van der Waals surface area contributed by atoms with E-state index in [0.717, 1.165) is 11.1 Å². The number of hydrogen-bond acceptors (Lipinski definition) is 5. The maximum atomic E-state index is 13.2. The average Bonchev–Trinajstić information content (AvgIpc) is 3.20. The lowest BCUT2D eigenvalue weighted by molar-refractivity contribution is -0.146. The zero-order valence-electron chi connectivity index (χ0n) is 20.0. The number of halogens is 1. The Morgan fingerprint density at radius 3 is 2.53 bits per heavy atom. The number of rotatable bonds is 5. The van der Waals surface area contributed by atoms with Crippen LogP contribution in [0.2, 0.25) is 5.02 Å². The molecule has 4 rings (SSSR count). The molecule has 2 aromatic carbocycles. The van der Waals surface area contributed by atoms with Gasteiger partial charge in [0.1, 0.15) is 5.92 Å². The van der Waals surface area contributed by atoms with Crippen LogP contribution in [0.5, 0.6) is 0 Å². The van der Waals surface area contributed by atoms with Crippen molar-refractivity contribution in [3.8, 4) is 0 Å². The van der Waals surface area contributed by atoms with E-state index in [4.69, 9.17) is 16.3 Å². The number of esters is 1. The highest BCUT2D eigenvalue weighted by atomic mass is 35.5. The summed E-state index contributed by atoms with van der Waals surface area (Å²) in [5, 5.41) is 6.72. The predicted molar refractivity (Wildman–Crippen MR) is 133 cm³/mol. The fraction of sp³-hybridized carbons (Fsp3) is 0.346. The van der Waals surface area contributed by atoms with Crippen LogP contribution in [0.3, 0.4) is 0 Å². The fourth-order valence-corrected chi connectivity index (χ4v) is 4.27. The van der Waals surface area contributed by atoms with Gasteiger partial charge in [0.15, 0.2) is 0 Å². The first-order valence-electron chi connectivity index (χ1n) is 11.3. The molecule has 0 fully saturated rings. The number of carbonyl (C=O) groups excluding carboxylic acids is 2. The highest BCUT2D eigenvalue weighted by molar-refractivity contribution is 6.31. The second-order valence-corrected chi connectivity index (χ2v) is 9.87. The maximum Gasteiger partial charge on any atom is 0.329 e. The van der Waals surface area contributed by atoms with Crippen molar-refractivity contribution in [2.75, 3.05) is 11.9 Å². The smallest absolute Gasteiger partial charge is 0.329 e. The molecule has 0 spiro atoms. The van der Waals surface area contributed by atoms with Crippen LogP contribution >= 0.6 is 11.6 Å². The minimum absolute atomic E-state index is 0.00699. The van der Waals surface area contributed by atoms with Gasteiger partial charge in [-0.05, 0) is 48.1 Å². The summed E-state index contributed by atoms with van der Waals surface area (Å²) in [5.41, 5.74) is 4.08. The number of hydrogen-bond donors (Lipinski definition) is 2. The molecule has 178 valence electrons. The topological polar surface area (TPSA) is 85.2 Å². The lowest BCUT2D eigenvalue weighted by atomic mass is 9.84. The number of benzene rings is 2. The van der Waals surface area contributed by atoms with Crippen molar-refractivity contribution in [2.24, 2.45) is 0 Å². The number of anilines is 2. The number of imidazole rings is 1. The normalized spacial score (nSPS) is 17.6. The van der Waals surface area contributed by atoms with Crippen LogP contribution in [0.1, 0.15) is 62.0 Å². The van der Waals surface area contributed by atoms with E-state index in [0.29, 0.717) is 22.4 Å². The van der Waals surface area contributed by atoms with Gasteiger partial charge >= 0.3 is 12.0 Å². The Bertz CT molecular complexity index is 1230. The van der Waals surface area contributed by atoms with Gasteiger partial charge in [0.05, 0.1) is 24.5 Å². The van der Waals surface area contributed by atoms with E-state index < -0.39 is 17.9 Å². The Balaban J connectivity index is 1.73. The van der Waals surface area contributed by atoms with Gasteiger partial charge in [-0.1, -0.05) is 62.7 Å². The first-order chi connectivity index (χ1) is 16.1. The maximum absolute atomic E-state index is 13.2. The van der Waals surface area contributed by atoms with Gasteiger partial charge in [0, 0.05) is 10.7 Å². The van der Waals surface area contributed by atoms with Gasteiger partial charge in [-0.2, -0.15) is 0 Å². The summed E-state index contributed by atoms with van der Waals surface area (Å²) < 4.78 is 6.77. The summed E-state index contributed by atoms with van der Waals surface area (Å²) in [6, 6.07) is 12.5. The van der Waals surface area contributed by atoms with Gasteiger partial charge in [-0.3, -0.25) is 4.79 Å². The molecule has 1 amide bonds. The van der Waals surface area contributed by atoms with Crippen molar-refractivity contribution >= 4 is 35.2 Å². The summed E-state index contributed by atoms with van der Waals surface area (Å²) >= 11 is 6.24. The van der Waals surface area contributed by atoms with Gasteiger partial charge in [-0.25, -0.2) is 14.3 Å². The van der Waals surface area contributed by atoms with E-state index in [2.05, 4.69) is 36.4 Å². The largest absolute Gasteiger partial charge is 0.465 e. The summed E-state index contributed by atoms with van der Waals surface area (Å²) in [6.07, 6.45) is 1.55. The number of ether oxygens (including phenoxy) is 1. The minimum atomic E-state index is -0.747. The van der Waals surface area contributed by atoms with Gasteiger partial charge < -0.3 is 15.4 Å². The molecule has 34 heavy (non-hydrogen) atoms. The fourth-order valence-electron chi connectivity index (χ4n) is 4.09. The SMILES string of the molecule is CCOC(=O)[C@@H]1c2cnc(Nc3ccc(C)c(Cl)c3)n2C(=O)N[C@H]1c1ccc(C(C)(C)C)cc1. The van der Waals surface area contributed by atoms with E-state index in [9.17, 15) is 9.59 Å². The summed E-state index contributed by atoms with van der Waals surface area (Å²) in [6.45, 7) is 10.3. The number of amides is 1. The first kappa shape index (κ1) is 23.8. The Morgan fingerprint density at radius 2 is 1.91 bits per heavy atom. The number of aromatic nitrogens is 2. The number of fused-ring (bicyclic) bond motifs is 1. The number of aryl methyl sites for hydroxylation is 1. The number of nitrogens with zero attached hydrogens (tertiary/aromatic N) is 2. The van der Waals surface area contributed by atoms with E-state index in [-0.39, 0.29) is 18.1 Å². The third-order valence-electron chi connectivity index (χ3n) is 6.03. The molecule has 2 N–H and O–H groups in total. The molecule has 0 saturated carbocycles. The summed E-state index contributed by atoms with van der Waals surface area (Å²) in [4.78, 5) is 30.7. The highest BCUT2D eigenvalue weighted by Crippen LogP contribution is 2.38. The van der Waals surface area contributed by atoms with Crippen LogP contribution in [0.25, 0.3) is 0 Å². The lowest BCUT2D eigenvalue weighted by Crippen LogP contribution is -2.45. The van der Waals surface area contributed by atoms with Crippen molar-refractivity contribution < 1.29 is 14.3 Å². The van der Waals surface area contributed by atoms with Crippen molar-refractivity contribution in [3.63, 3.8) is 0 Å². The Morgan fingerprint density at radius 1 is 1.21 bits per heavy atom. The zero-order valence-corrected chi connectivity index (χ0v) is 20.7. The molecule has 0 saturated heterocycles. The molecule has 1 aliphatic rings. The minimum Gasteiger partial charge on any atom is -0.465 e. The van der Waals surface area contributed by atoms with E-state index >= 15 is 0 Å². The molecule has 3 aromatic rings. The Kier molecular flexibility index (Phi) is 6.41. The van der Waals surface area contributed by atoms with Crippen LogP contribution in [-0.4, -0.2) is 28.2 Å². The van der Waals surface area contributed by atoms with E-state index in [1.807, 2.05) is 43.3 Å². The Hall–Kier alpha value is -3.32. The third-order valence-corrected chi connectivity index (χ3v) is 6.43. The van der Waals surface area contributed by atoms with Gasteiger partial charge in [0.25, 0.3) is 0 Å². The van der Waals surface area contributed by atoms with Crippen LogP contribution in [0.4, 0.5) is 16.4 Å². The predicted octanol–water partition coefficient (Wildman–Crippen LogP) is 5.85. The first-order valence-corrected chi connectivity index (χ1v) is 11.7. The molecular weight excluding hydrogens is 452 g/mol. The standard InChI is InChI=1S/C26H29ClN4O3/c1-6-34-23(32)21-20-14-28-24(29-18-12-7-15(2)19(27)13-18)31(20)25(33)30-22(21)16-8-10-17(11-9-16)26(3,4)5/h7-14,21-22H,6H2,1-5H3,(H,28,29)(H,30,33)/t21-,22+/m1/s1. The molecular formula is C26H29ClN4O3. The molecule has 7 nitrogen and oxygen atoms in total. The van der Waals surface area contributed by atoms with Crippen molar-refractivity contribution in [1.29, 1.82) is 0 Å². The van der Waals surface area contributed by atoms with Crippen LogP contribution in [-0.2, 0) is 14.9 Å². The monoisotopic (exact) mass is 480 g/mol. The molecule has 1 aliphatic heterocycles. The van der Waals surface area contributed by atoms with Crippen molar-refractivity contribution in [2.45, 2.75) is 52.0 Å². The molecule has 0 radical (unpaired) electrons. The quantitative estimate of drug-likeness (QED) is 0.448. The second kappa shape index (κ2) is 9.14. The van der Waals surface area contributed by atoms with E-state index in [1.54, 1.807) is 19.2 Å². The molecule has 0 aliphatic carbocycles. The Labute approximate surface area is 204 Å². The van der Waals surface area contributed by atoms with E-state index in [1.165, 1.54) is 10.1 Å². The zero-order chi connectivity index (χ0) is 24.6. The van der Waals surface area contributed by atoms with Crippen LogP contribution in [0, 0.1) is 6.92 Å². The second-order valence-electron chi connectivity index (χ2n) is 9.46. The number of nitrogens with one attached hydrogen (secondary N) is 2. The van der Waals surface area contributed by atoms with Gasteiger partial charge in [0.2, 0.25) is 5.95 Å². The van der Waals surface area contributed by atoms with Gasteiger partial charge in [-0.15, -0.1) is 0 Å². The highest BCUT2D eigenvalue weighted by Gasteiger charge is 2.42. The van der Waals surface area contributed by atoms with Crippen molar-refractivity contribution in [1.82, 2.24) is 14.9 Å². The van der Waals surface area contributed by atoms with Crippen molar-refractivity contribution in [3.05, 3.63) is 76.1 Å². The molecule has 0 unspecified atom stereocenters. The molecule has 1 aromatic heterocycles. The third kappa shape index (κ3) is 4.53. The lowest BCUT2D eigenvalue weighted by Gasteiger charge is -2.32. The molecule has 2 heterocycles. The summed E-state index contributed by atoms with van der Waals surface area (Å²) in [7, 11) is 0.